The second-order valence-corrected chi connectivity index (χ2v) is 22.6. The van der Waals surface area contributed by atoms with E-state index in [0.29, 0.717) is 0 Å². The van der Waals surface area contributed by atoms with Crippen molar-refractivity contribution in [3.8, 4) is 0 Å². The van der Waals surface area contributed by atoms with Gasteiger partial charge < -0.3 is 0 Å². The molecule has 0 rings (SSSR count). The van der Waals surface area contributed by atoms with Gasteiger partial charge in [-0.1, -0.05) is 405 Å². The second-order valence-electron chi connectivity index (χ2n) is 22.6. The zero-order valence-electron chi connectivity index (χ0n) is 46.8. The summed E-state index contributed by atoms with van der Waals surface area (Å²) in [7, 11) is 0. The summed E-state index contributed by atoms with van der Waals surface area (Å²) in [6.45, 7) is 6.13. The van der Waals surface area contributed by atoms with Crippen molar-refractivity contribution in [3.63, 3.8) is 0 Å². The Morgan fingerprint density at radius 2 is 0.242 bits per heavy atom. The van der Waals surface area contributed by atoms with E-state index in [9.17, 15) is 0 Å². The first-order valence-electron chi connectivity index (χ1n) is 32.5. The van der Waals surface area contributed by atoms with E-state index in [1.165, 1.54) is 405 Å². The van der Waals surface area contributed by atoms with Gasteiger partial charge in [0.15, 0.2) is 0 Å². The lowest BCUT2D eigenvalue weighted by Gasteiger charge is -2.05. The molecule has 396 valence electrons. The third-order valence-electron chi connectivity index (χ3n) is 15.8. The molecule has 0 spiro atoms. The van der Waals surface area contributed by atoms with E-state index in [0.717, 1.165) is 0 Å². The summed E-state index contributed by atoms with van der Waals surface area (Å²) in [5.41, 5.74) is 0. The molecule has 0 heterocycles. The van der Waals surface area contributed by atoms with E-state index in [2.05, 4.69) is 19.6 Å². The molecular formula is C66H132. The Hall–Kier alpha value is -0.260. The Morgan fingerprint density at radius 1 is 0.152 bits per heavy atom. The molecule has 0 amide bonds. The third kappa shape index (κ3) is 63.7. The van der Waals surface area contributed by atoms with Crippen molar-refractivity contribution in [2.45, 2.75) is 411 Å². The monoisotopic (exact) mass is 925 g/mol. The largest absolute Gasteiger partial charge is 0.103 e. The summed E-state index contributed by atoms with van der Waals surface area (Å²) in [6.07, 6.45) is 95.4. The van der Waals surface area contributed by atoms with E-state index >= 15 is 0 Å². The lowest BCUT2D eigenvalue weighted by Crippen LogP contribution is -1.85. The first kappa shape index (κ1) is 65.7. The van der Waals surface area contributed by atoms with Gasteiger partial charge in [-0.3, -0.25) is 0 Å². The molecule has 0 atom stereocenters. The minimum absolute atomic E-state index is 1.21. The van der Waals surface area contributed by atoms with Gasteiger partial charge in [-0.05, 0) is 12.8 Å². The van der Waals surface area contributed by atoms with Crippen LogP contribution in [0.1, 0.15) is 411 Å². The maximum absolute atomic E-state index is 3.82. The fourth-order valence-corrected chi connectivity index (χ4v) is 11.0. The van der Waals surface area contributed by atoms with Crippen molar-refractivity contribution in [1.29, 1.82) is 0 Å². The number of unbranched alkanes of at least 4 members (excludes halogenated alkanes) is 62. The lowest BCUT2D eigenvalue weighted by atomic mass is 10.0. The normalized spacial score (nSPS) is 11.7. The van der Waals surface area contributed by atoms with Gasteiger partial charge in [-0.25, -0.2) is 0 Å². The van der Waals surface area contributed by atoms with Crippen LogP contribution in [-0.4, -0.2) is 0 Å². The molecule has 0 unspecified atom stereocenters. The highest BCUT2D eigenvalue weighted by atomic mass is 14.1. The van der Waals surface area contributed by atoms with Gasteiger partial charge in [0.05, 0.1) is 0 Å². The molecule has 0 saturated carbocycles. The predicted octanol–water partition coefficient (Wildman–Crippen LogP) is 25.8. The molecule has 0 bridgehead atoms. The highest BCUT2D eigenvalue weighted by Gasteiger charge is 2.00. The highest BCUT2D eigenvalue weighted by Crippen LogP contribution is 2.20. The minimum Gasteiger partial charge on any atom is -0.103 e. The van der Waals surface area contributed by atoms with Gasteiger partial charge in [-0.2, -0.15) is 0 Å². The molecule has 0 aliphatic carbocycles. The molecule has 0 aromatic rings. The van der Waals surface area contributed by atoms with Crippen LogP contribution in [0.15, 0.2) is 12.7 Å². The summed E-state index contributed by atoms with van der Waals surface area (Å²) >= 11 is 0. The fraction of sp³-hybridized carbons (Fsp3) is 0.970. The molecule has 0 radical (unpaired) electrons. The molecule has 0 aliphatic rings. The molecular weight excluding hydrogens is 793 g/mol. The Bertz CT molecular complexity index is 796. The first-order chi connectivity index (χ1) is 32.9. The van der Waals surface area contributed by atoms with Crippen LogP contribution < -0.4 is 0 Å². The summed E-state index contributed by atoms with van der Waals surface area (Å²) < 4.78 is 0. The molecule has 0 aromatic carbocycles. The molecule has 0 fully saturated rings. The van der Waals surface area contributed by atoms with E-state index in [4.69, 9.17) is 0 Å². The zero-order valence-corrected chi connectivity index (χ0v) is 46.8. The average Bonchev–Trinajstić information content (AvgIpc) is 3.33. The third-order valence-corrected chi connectivity index (χ3v) is 15.8. The minimum atomic E-state index is 1.21. The van der Waals surface area contributed by atoms with E-state index in [1.54, 1.807) is 0 Å². The van der Waals surface area contributed by atoms with Crippen LogP contribution in [0.3, 0.4) is 0 Å². The Labute approximate surface area is 422 Å². The van der Waals surface area contributed by atoms with E-state index < -0.39 is 0 Å². The Balaban J connectivity index is 3.07. The molecule has 0 saturated heterocycles. The molecule has 0 N–H and O–H groups in total. The number of hydrogen-bond acceptors (Lipinski definition) is 0. The van der Waals surface area contributed by atoms with Crippen LogP contribution in [0.5, 0.6) is 0 Å². The van der Waals surface area contributed by atoms with Crippen molar-refractivity contribution < 1.29 is 0 Å². The molecule has 0 aromatic heterocycles. The first-order valence-corrected chi connectivity index (χ1v) is 32.5. The number of rotatable bonds is 63. The van der Waals surface area contributed by atoms with Crippen LogP contribution >= 0.6 is 0 Å². The van der Waals surface area contributed by atoms with Crippen molar-refractivity contribution in [2.75, 3.05) is 0 Å². The van der Waals surface area contributed by atoms with Crippen LogP contribution in [-0.2, 0) is 0 Å². The van der Waals surface area contributed by atoms with Crippen molar-refractivity contribution >= 4 is 0 Å². The van der Waals surface area contributed by atoms with Gasteiger partial charge in [-0.15, -0.1) is 6.58 Å². The van der Waals surface area contributed by atoms with Gasteiger partial charge in [0.25, 0.3) is 0 Å². The van der Waals surface area contributed by atoms with Gasteiger partial charge in [0, 0.05) is 0 Å². The smallest absolute Gasteiger partial charge is 0.0353 e. The van der Waals surface area contributed by atoms with Crippen LogP contribution in [0.25, 0.3) is 0 Å². The van der Waals surface area contributed by atoms with Crippen LogP contribution in [0.4, 0.5) is 0 Å². The average molecular weight is 926 g/mol. The molecule has 0 aliphatic heterocycles. The zero-order chi connectivity index (χ0) is 47.3. The van der Waals surface area contributed by atoms with Gasteiger partial charge in [0.1, 0.15) is 0 Å². The molecule has 0 nitrogen and oxygen atoms in total. The molecule has 0 heteroatoms. The lowest BCUT2D eigenvalue weighted by molar-refractivity contribution is 0.506. The Morgan fingerprint density at radius 3 is 0.333 bits per heavy atom. The summed E-state index contributed by atoms with van der Waals surface area (Å²) in [5, 5.41) is 0. The van der Waals surface area contributed by atoms with Gasteiger partial charge >= 0.3 is 0 Å². The topological polar surface area (TPSA) is 0 Å². The van der Waals surface area contributed by atoms with Crippen molar-refractivity contribution in [2.24, 2.45) is 0 Å². The second kappa shape index (κ2) is 64.7. The van der Waals surface area contributed by atoms with Gasteiger partial charge in [0.2, 0.25) is 0 Å². The Kier molecular flexibility index (Phi) is 64.5. The quantitative estimate of drug-likeness (QED) is 0.0421. The summed E-state index contributed by atoms with van der Waals surface area (Å²) in [5.74, 6) is 0. The van der Waals surface area contributed by atoms with Crippen LogP contribution in [0, 0.1) is 0 Å². The number of hydrogen-bond donors (Lipinski definition) is 0. The predicted molar refractivity (Wildman–Crippen MR) is 307 cm³/mol. The maximum Gasteiger partial charge on any atom is -0.0353 e. The summed E-state index contributed by atoms with van der Waals surface area (Å²) in [4.78, 5) is 0. The van der Waals surface area contributed by atoms with E-state index in [-0.39, 0.29) is 0 Å². The van der Waals surface area contributed by atoms with Crippen LogP contribution in [0.2, 0.25) is 0 Å². The van der Waals surface area contributed by atoms with Crippen molar-refractivity contribution in [1.82, 2.24) is 0 Å². The SMILES string of the molecule is C=CCCCCCCCCCCCCCCCCCCCCCCCCCCCCCCCCCCCCCCCCCCCCCCCCCCCCCCCCCCCCCCCC. The fourth-order valence-electron chi connectivity index (χ4n) is 11.0. The standard InChI is InChI=1S/C66H132/c1-3-5-7-9-11-13-15-17-19-21-23-25-27-29-31-33-35-37-39-41-43-45-47-49-51-53-55-57-59-61-63-65-66-64-62-60-58-56-54-52-50-48-46-44-42-40-38-36-34-32-30-28-26-24-22-20-18-16-14-12-10-8-6-4-2/h3H,1,4-66H2,2H3. The molecule has 66 heavy (non-hydrogen) atoms. The number of allylic oxidation sites excluding steroid dienone is 1. The van der Waals surface area contributed by atoms with Crippen molar-refractivity contribution in [3.05, 3.63) is 12.7 Å². The highest BCUT2D eigenvalue weighted by molar-refractivity contribution is 4.65. The maximum atomic E-state index is 3.82. The summed E-state index contributed by atoms with van der Waals surface area (Å²) in [6, 6.07) is 0. The van der Waals surface area contributed by atoms with E-state index in [1.807, 2.05) is 0 Å².